The third-order valence-electron chi connectivity index (χ3n) is 3.33. The molecule has 0 aliphatic rings. The highest BCUT2D eigenvalue weighted by atomic mass is 16.5. The van der Waals surface area contributed by atoms with E-state index in [1.165, 1.54) is 24.3 Å². The molecule has 0 spiro atoms. The Morgan fingerprint density at radius 2 is 1.50 bits per heavy atom. The molecular weight excluding hydrogens is 324 g/mol. The van der Waals surface area contributed by atoms with E-state index in [9.17, 15) is 24.3 Å². The Labute approximate surface area is 136 Å². The molecule has 1 aromatic rings. The molecule has 9 nitrogen and oxygen atoms in total. The minimum atomic E-state index is -1.52. The van der Waals surface area contributed by atoms with Crippen molar-refractivity contribution < 1.29 is 44.3 Å². The van der Waals surface area contributed by atoms with Gasteiger partial charge in [0.05, 0.1) is 5.92 Å². The smallest absolute Gasteiger partial charge is 0.339 e. The fourth-order valence-corrected chi connectivity index (χ4v) is 2.08. The summed E-state index contributed by atoms with van der Waals surface area (Å²) in [6.45, 7) is -0.601. The van der Waals surface area contributed by atoms with Crippen LogP contribution in [0.25, 0.3) is 0 Å². The highest BCUT2D eigenvalue weighted by Crippen LogP contribution is 2.23. The molecule has 0 aliphatic carbocycles. The quantitative estimate of drug-likeness (QED) is 0.488. The first-order valence-electron chi connectivity index (χ1n) is 6.86. The first-order valence-corrected chi connectivity index (χ1v) is 6.86. The minimum absolute atomic E-state index is 0.0985. The van der Waals surface area contributed by atoms with Crippen molar-refractivity contribution in [1.29, 1.82) is 0 Å². The summed E-state index contributed by atoms with van der Waals surface area (Å²) in [5, 5.41) is 36.0. The number of hydrogen-bond acceptors (Lipinski definition) is 5. The van der Waals surface area contributed by atoms with Crippen molar-refractivity contribution in [3.8, 4) is 5.75 Å². The summed E-state index contributed by atoms with van der Waals surface area (Å²) in [7, 11) is 0. The van der Waals surface area contributed by atoms with Gasteiger partial charge in [0.15, 0.2) is 0 Å². The van der Waals surface area contributed by atoms with Crippen molar-refractivity contribution >= 4 is 23.9 Å². The number of benzene rings is 1. The Bertz CT molecular complexity index is 638. The number of rotatable bonds is 10. The maximum atomic E-state index is 11.3. The predicted molar refractivity (Wildman–Crippen MR) is 78.0 cm³/mol. The molecule has 0 aromatic heterocycles. The summed E-state index contributed by atoms with van der Waals surface area (Å²) < 4.78 is 5.19. The van der Waals surface area contributed by atoms with E-state index >= 15 is 0 Å². The number of carboxylic acid groups (broad SMARTS) is 4. The van der Waals surface area contributed by atoms with E-state index in [1.807, 2.05) is 0 Å². The lowest BCUT2D eigenvalue weighted by Gasteiger charge is -2.20. The third kappa shape index (κ3) is 5.27. The molecule has 0 aliphatic heterocycles. The average molecular weight is 340 g/mol. The van der Waals surface area contributed by atoms with Gasteiger partial charge in [-0.2, -0.15) is 0 Å². The molecule has 0 fully saturated rings. The molecule has 9 heteroatoms. The van der Waals surface area contributed by atoms with E-state index in [-0.39, 0.29) is 17.7 Å². The van der Waals surface area contributed by atoms with Crippen LogP contribution in [-0.2, 0) is 14.4 Å². The molecular formula is C15H16O9. The van der Waals surface area contributed by atoms with Gasteiger partial charge in [0.25, 0.3) is 0 Å². The largest absolute Gasteiger partial charge is 0.492 e. The summed E-state index contributed by atoms with van der Waals surface area (Å²) in [4.78, 5) is 44.2. The number of para-hydroxylation sites is 1. The van der Waals surface area contributed by atoms with E-state index < -0.39 is 48.7 Å². The van der Waals surface area contributed by atoms with Crippen molar-refractivity contribution in [3.63, 3.8) is 0 Å². The molecule has 2 unspecified atom stereocenters. The number of hydrogen-bond donors (Lipinski definition) is 4. The fraction of sp³-hybridized carbons (Fsp3) is 0.333. The van der Waals surface area contributed by atoms with Crippen LogP contribution in [0.5, 0.6) is 5.75 Å². The second-order valence-electron chi connectivity index (χ2n) is 4.93. The summed E-state index contributed by atoms with van der Waals surface area (Å²) in [5.41, 5.74) is -0.195. The first kappa shape index (κ1) is 18.9. The second-order valence-corrected chi connectivity index (χ2v) is 4.93. The van der Waals surface area contributed by atoms with Crippen molar-refractivity contribution in [2.45, 2.75) is 12.8 Å². The summed E-state index contributed by atoms with van der Waals surface area (Å²) in [6, 6.07) is 5.51. The van der Waals surface area contributed by atoms with E-state index in [4.69, 9.17) is 20.1 Å². The van der Waals surface area contributed by atoms with Crippen LogP contribution in [-0.4, -0.2) is 50.9 Å². The van der Waals surface area contributed by atoms with Crippen molar-refractivity contribution in [2.75, 3.05) is 6.61 Å². The van der Waals surface area contributed by atoms with Crippen LogP contribution >= 0.6 is 0 Å². The minimum Gasteiger partial charge on any atom is -0.492 e. The maximum absolute atomic E-state index is 11.3. The Morgan fingerprint density at radius 1 is 0.917 bits per heavy atom. The Morgan fingerprint density at radius 3 is 2.00 bits per heavy atom. The summed E-state index contributed by atoms with van der Waals surface area (Å²) in [6.07, 6.45) is -0.891. The number of carboxylic acids is 4. The fourth-order valence-electron chi connectivity index (χ4n) is 2.08. The van der Waals surface area contributed by atoms with Gasteiger partial charge in [-0.1, -0.05) is 12.1 Å². The second kappa shape index (κ2) is 8.51. The first-order chi connectivity index (χ1) is 11.2. The molecule has 0 heterocycles. The zero-order chi connectivity index (χ0) is 18.3. The highest BCUT2D eigenvalue weighted by Gasteiger charge is 2.35. The normalized spacial score (nSPS) is 12.8. The molecule has 1 rings (SSSR count). The van der Waals surface area contributed by atoms with Gasteiger partial charge < -0.3 is 25.2 Å². The van der Waals surface area contributed by atoms with Gasteiger partial charge in [-0.25, -0.2) is 4.79 Å². The lowest BCUT2D eigenvalue weighted by atomic mass is 9.89. The van der Waals surface area contributed by atoms with Gasteiger partial charge in [0.1, 0.15) is 23.8 Å². The molecule has 0 saturated carbocycles. The van der Waals surface area contributed by atoms with Crippen molar-refractivity contribution in [1.82, 2.24) is 0 Å². The van der Waals surface area contributed by atoms with Crippen LogP contribution in [0.1, 0.15) is 23.2 Å². The summed E-state index contributed by atoms with van der Waals surface area (Å²) in [5.74, 6) is -8.56. The number of ether oxygens (including phenoxy) is 1. The maximum Gasteiger partial charge on any atom is 0.339 e. The monoisotopic (exact) mass is 340 g/mol. The van der Waals surface area contributed by atoms with Gasteiger partial charge in [0, 0.05) is 6.42 Å². The molecule has 0 bridgehead atoms. The van der Waals surface area contributed by atoms with E-state index in [0.717, 1.165) is 0 Å². The Balaban J connectivity index is 2.93. The van der Waals surface area contributed by atoms with E-state index in [1.54, 1.807) is 0 Å². The van der Waals surface area contributed by atoms with Gasteiger partial charge in [-0.15, -0.1) is 0 Å². The van der Waals surface area contributed by atoms with E-state index in [2.05, 4.69) is 0 Å². The Kier molecular flexibility index (Phi) is 6.72. The zero-order valence-corrected chi connectivity index (χ0v) is 12.4. The zero-order valence-electron chi connectivity index (χ0n) is 12.4. The number of aliphatic carboxylic acids is 3. The van der Waals surface area contributed by atoms with Gasteiger partial charge in [0.2, 0.25) is 0 Å². The topological polar surface area (TPSA) is 158 Å². The van der Waals surface area contributed by atoms with Crippen LogP contribution in [0, 0.1) is 11.8 Å². The van der Waals surface area contributed by atoms with Crippen molar-refractivity contribution in [3.05, 3.63) is 29.8 Å². The lowest BCUT2D eigenvalue weighted by Crippen LogP contribution is -2.34. The average Bonchev–Trinajstić information content (AvgIpc) is 2.49. The lowest BCUT2D eigenvalue weighted by molar-refractivity contribution is -0.156. The van der Waals surface area contributed by atoms with Gasteiger partial charge in [-0.3, -0.25) is 14.4 Å². The molecule has 4 N–H and O–H groups in total. The molecule has 0 amide bonds. The van der Waals surface area contributed by atoms with Crippen LogP contribution < -0.4 is 4.74 Å². The van der Waals surface area contributed by atoms with Crippen LogP contribution in [0.3, 0.4) is 0 Å². The molecule has 24 heavy (non-hydrogen) atoms. The van der Waals surface area contributed by atoms with E-state index in [0.29, 0.717) is 0 Å². The molecule has 130 valence electrons. The molecule has 0 radical (unpaired) electrons. The SMILES string of the molecule is O=C(O)CCC(C(=O)O)C(COc1ccccc1C(=O)O)C(=O)O. The van der Waals surface area contributed by atoms with Gasteiger partial charge in [-0.05, 0) is 18.6 Å². The highest BCUT2D eigenvalue weighted by molar-refractivity contribution is 5.90. The third-order valence-corrected chi connectivity index (χ3v) is 3.33. The molecule has 1 aromatic carbocycles. The van der Waals surface area contributed by atoms with Crippen LogP contribution in [0.2, 0.25) is 0 Å². The predicted octanol–water partition coefficient (Wildman–Crippen LogP) is 1.03. The molecule has 0 saturated heterocycles. The number of carbonyl (C=O) groups is 4. The van der Waals surface area contributed by atoms with Crippen LogP contribution in [0.4, 0.5) is 0 Å². The molecule has 2 atom stereocenters. The Hall–Kier alpha value is -3.10. The number of aromatic carboxylic acids is 1. The van der Waals surface area contributed by atoms with Crippen LogP contribution in [0.15, 0.2) is 24.3 Å². The standard InChI is InChI=1S/C15H16O9/c16-12(17)6-5-8(13(18)19)10(15(22)23)7-24-11-4-2-1-3-9(11)14(20)21/h1-4,8,10H,5-7H2,(H,16,17)(H,18,19)(H,20,21)(H,22,23). The summed E-state index contributed by atoms with van der Waals surface area (Å²) >= 11 is 0. The van der Waals surface area contributed by atoms with Gasteiger partial charge >= 0.3 is 23.9 Å². The van der Waals surface area contributed by atoms with Crippen molar-refractivity contribution in [2.24, 2.45) is 11.8 Å².